The van der Waals surface area contributed by atoms with Crippen molar-refractivity contribution < 1.29 is 19.1 Å². The Morgan fingerprint density at radius 1 is 1.08 bits per heavy atom. The Bertz CT molecular complexity index is 704. The van der Waals surface area contributed by atoms with Crippen molar-refractivity contribution in [3.63, 3.8) is 0 Å². The van der Waals surface area contributed by atoms with Crippen LogP contribution in [0, 0.1) is 13.8 Å². The van der Waals surface area contributed by atoms with Gasteiger partial charge in [-0.3, -0.25) is 9.59 Å². The first-order valence-electron chi connectivity index (χ1n) is 8.16. The molecule has 0 aliphatic carbocycles. The van der Waals surface area contributed by atoms with E-state index in [0.717, 1.165) is 29.7 Å². The molecular weight excluding hydrogens is 306 g/mol. The summed E-state index contributed by atoms with van der Waals surface area (Å²) in [6.45, 7) is 4.26. The number of aryl methyl sites for hydroxylation is 1. The maximum absolute atomic E-state index is 12.5. The predicted molar refractivity (Wildman–Crippen MR) is 92.1 cm³/mol. The second kappa shape index (κ2) is 8.34. The average molecular weight is 329 g/mol. The third-order valence-electron chi connectivity index (χ3n) is 4.00. The molecule has 1 aromatic heterocycles. The van der Waals surface area contributed by atoms with Gasteiger partial charge in [0.2, 0.25) is 0 Å². The molecular formula is C19H23NO4. The molecule has 5 heteroatoms. The van der Waals surface area contributed by atoms with Gasteiger partial charge in [0.05, 0.1) is 5.56 Å². The largest absolute Gasteiger partial charge is 0.481 e. The number of carboxylic acids is 1. The Labute approximate surface area is 141 Å². The quantitative estimate of drug-likeness (QED) is 0.719. The van der Waals surface area contributed by atoms with E-state index in [-0.39, 0.29) is 12.3 Å². The SMILES string of the molecule is Cc1oc(-c2ccccc2)c(C(=O)NCCCCCC(=O)O)c1C. The van der Waals surface area contributed by atoms with E-state index in [1.165, 1.54) is 0 Å². The van der Waals surface area contributed by atoms with Crippen molar-refractivity contribution in [3.05, 3.63) is 47.2 Å². The van der Waals surface area contributed by atoms with E-state index in [1.807, 2.05) is 44.2 Å². The number of carboxylic acid groups (broad SMARTS) is 1. The average Bonchev–Trinajstić information content (AvgIpc) is 2.86. The molecule has 0 aliphatic rings. The monoisotopic (exact) mass is 329 g/mol. The van der Waals surface area contributed by atoms with Crippen LogP contribution < -0.4 is 5.32 Å². The van der Waals surface area contributed by atoms with E-state index in [4.69, 9.17) is 9.52 Å². The number of rotatable bonds is 8. The van der Waals surface area contributed by atoms with Crippen LogP contribution in [0.3, 0.4) is 0 Å². The molecule has 0 saturated carbocycles. The molecule has 1 heterocycles. The summed E-state index contributed by atoms with van der Waals surface area (Å²) in [7, 11) is 0. The van der Waals surface area contributed by atoms with Gasteiger partial charge in [0.25, 0.3) is 5.91 Å². The molecule has 2 aromatic rings. The van der Waals surface area contributed by atoms with Crippen molar-refractivity contribution in [2.75, 3.05) is 6.54 Å². The van der Waals surface area contributed by atoms with Crippen LogP contribution in [0.5, 0.6) is 0 Å². The van der Waals surface area contributed by atoms with Crippen LogP contribution in [-0.2, 0) is 4.79 Å². The first-order chi connectivity index (χ1) is 11.5. The molecule has 0 radical (unpaired) electrons. The molecule has 128 valence electrons. The second-order valence-electron chi connectivity index (χ2n) is 5.81. The lowest BCUT2D eigenvalue weighted by atomic mass is 10.0. The first kappa shape index (κ1) is 17.8. The van der Waals surface area contributed by atoms with Gasteiger partial charge in [-0.25, -0.2) is 0 Å². The van der Waals surface area contributed by atoms with Crippen LogP contribution in [0.25, 0.3) is 11.3 Å². The molecule has 5 nitrogen and oxygen atoms in total. The van der Waals surface area contributed by atoms with Gasteiger partial charge in [0.15, 0.2) is 0 Å². The van der Waals surface area contributed by atoms with Crippen molar-refractivity contribution in [1.82, 2.24) is 5.32 Å². The highest BCUT2D eigenvalue weighted by Gasteiger charge is 2.21. The van der Waals surface area contributed by atoms with E-state index >= 15 is 0 Å². The van der Waals surface area contributed by atoms with E-state index in [1.54, 1.807) is 0 Å². The minimum atomic E-state index is -0.781. The van der Waals surface area contributed by atoms with Crippen molar-refractivity contribution in [2.24, 2.45) is 0 Å². The maximum atomic E-state index is 12.5. The first-order valence-corrected chi connectivity index (χ1v) is 8.16. The fourth-order valence-electron chi connectivity index (χ4n) is 2.56. The lowest BCUT2D eigenvalue weighted by molar-refractivity contribution is -0.137. The van der Waals surface area contributed by atoms with E-state index in [2.05, 4.69) is 5.32 Å². The molecule has 0 aliphatic heterocycles. The highest BCUT2D eigenvalue weighted by molar-refractivity contribution is 6.01. The minimum absolute atomic E-state index is 0.151. The molecule has 0 fully saturated rings. The van der Waals surface area contributed by atoms with Crippen LogP contribution in [0.4, 0.5) is 0 Å². The Kier molecular flexibility index (Phi) is 6.18. The number of nitrogens with one attached hydrogen (secondary N) is 1. The number of carbonyl (C=O) groups excluding carboxylic acids is 1. The van der Waals surface area contributed by atoms with Crippen LogP contribution in [-0.4, -0.2) is 23.5 Å². The summed E-state index contributed by atoms with van der Waals surface area (Å²) in [6.07, 6.45) is 2.34. The van der Waals surface area contributed by atoms with Gasteiger partial charge in [-0.05, 0) is 26.7 Å². The third-order valence-corrected chi connectivity index (χ3v) is 4.00. The third kappa shape index (κ3) is 4.47. The molecule has 24 heavy (non-hydrogen) atoms. The number of aliphatic carboxylic acids is 1. The van der Waals surface area contributed by atoms with Gasteiger partial charge in [0.1, 0.15) is 11.5 Å². The van der Waals surface area contributed by atoms with Gasteiger partial charge >= 0.3 is 5.97 Å². The molecule has 2 rings (SSSR count). The summed E-state index contributed by atoms with van der Waals surface area (Å²) in [5.74, 6) is 0.395. The summed E-state index contributed by atoms with van der Waals surface area (Å²) in [6, 6.07) is 9.57. The normalized spacial score (nSPS) is 10.6. The van der Waals surface area contributed by atoms with Crippen molar-refractivity contribution in [2.45, 2.75) is 39.5 Å². The number of amides is 1. The summed E-state index contributed by atoms with van der Waals surface area (Å²) >= 11 is 0. The zero-order valence-corrected chi connectivity index (χ0v) is 14.1. The lowest BCUT2D eigenvalue weighted by Crippen LogP contribution is -2.25. The lowest BCUT2D eigenvalue weighted by Gasteiger charge is -2.06. The van der Waals surface area contributed by atoms with Crippen LogP contribution in [0.2, 0.25) is 0 Å². The van der Waals surface area contributed by atoms with Gasteiger partial charge < -0.3 is 14.8 Å². The Hall–Kier alpha value is -2.56. The van der Waals surface area contributed by atoms with Crippen molar-refractivity contribution in [1.29, 1.82) is 0 Å². The van der Waals surface area contributed by atoms with Crippen LogP contribution in [0.1, 0.15) is 47.4 Å². The molecule has 0 saturated heterocycles. The molecule has 0 atom stereocenters. The molecule has 0 unspecified atom stereocenters. The van der Waals surface area contributed by atoms with Crippen LogP contribution in [0.15, 0.2) is 34.7 Å². The predicted octanol–water partition coefficient (Wildman–Crippen LogP) is 3.94. The van der Waals surface area contributed by atoms with Gasteiger partial charge in [-0.1, -0.05) is 36.8 Å². The highest BCUT2D eigenvalue weighted by atomic mass is 16.4. The molecule has 1 aromatic carbocycles. The van der Waals surface area contributed by atoms with E-state index in [0.29, 0.717) is 24.3 Å². The number of hydrogen-bond donors (Lipinski definition) is 2. The molecule has 0 bridgehead atoms. The highest BCUT2D eigenvalue weighted by Crippen LogP contribution is 2.30. The summed E-state index contributed by atoms with van der Waals surface area (Å²) in [5, 5.41) is 11.5. The van der Waals surface area contributed by atoms with E-state index in [9.17, 15) is 9.59 Å². The van der Waals surface area contributed by atoms with E-state index < -0.39 is 5.97 Å². The number of carbonyl (C=O) groups is 2. The van der Waals surface area contributed by atoms with Crippen molar-refractivity contribution in [3.8, 4) is 11.3 Å². The summed E-state index contributed by atoms with van der Waals surface area (Å²) in [4.78, 5) is 23.0. The zero-order valence-electron chi connectivity index (χ0n) is 14.1. The fourth-order valence-corrected chi connectivity index (χ4v) is 2.56. The molecule has 0 spiro atoms. The van der Waals surface area contributed by atoms with Crippen molar-refractivity contribution >= 4 is 11.9 Å². The number of benzene rings is 1. The minimum Gasteiger partial charge on any atom is -0.481 e. The fraction of sp³-hybridized carbons (Fsp3) is 0.368. The topological polar surface area (TPSA) is 79.5 Å². The van der Waals surface area contributed by atoms with Crippen LogP contribution >= 0.6 is 0 Å². The standard InChI is InChI=1S/C19H23NO4/c1-13-14(2)24-18(15-9-5-3-6-10-15)17(13)19(23)20-12-8-4-7-11-16(21)22/h3,5-6,9-10H,4,7-8,11-12H2,1-2H3,(H,20,23)(H,21,22). The number of furan rings is 1. The second-order valence-corrected chi connectivity index (χ2v) is 5.81. The zero-order chi connectivity index (χ0) is 17.5. The van der Waals surface area contributed by atoms with Gasteiger partial charge in [-0.15, -0.1) is 0 Å². The molecule has 1 amide bonds. The maximum Gasteiger partial charge on any atom is 0.303 e. The van der Waals surface area contributed by atoms with Gasteiger partial charge in [-0.2, -0.15) is 0 Å². The number of unbranched alkanes of at least 4 members (excludes halogenated alkanes) is 2. The summed E-state index contributed by atoms with van der Waals surface area (Å²) in [5.41, 5.74) is 2.29. The smallest absolute Gasteiger partial charge is 0.303 e. The summed E-state index contributed by atoms with van der Waals surface area (Å²) < 4.78 is 5.80. The Morgan fingerprint density at radius 3 is 2.46 bits per heavy atom. The Morgan fingerprint density at radius 2 is 1.79 bits per heavy atom. The Balaban J connectivity index is 2.00. The number of hydrogen-bond acceptors (Lipinski definition) is 3. The van der Waals surface area contributed by atoms with Gasteiger partial charge in [0, 0.05) is 24.1 Å². The molecule has 2 N–H and O–H groups in total.